The molecule has 1 aromatic carbocycles. The molecular formula is C14H22N2O3S. The van der Waals surface area contributed by atoms with Crippen molar-refractivity contribution in [3.05, 3.63) is 24.3 Å². The molecule has 1 aliphatic heterocycles. The van der Waals surface area contributed by atoms with Gasteiger partial charge in [0, 0.05) is 19.1 Å². The monoisotopic (exact) mass is 298 g/mol. The highest BCUT2D eigenvalue weighted by atomic mass is 32.2. The molecule has 5 nitrogen and oxygen atoms in total. The lowest BCUT2D eigenvalue weighted by Gasteiger charge is -2.35. The molecule has 0 bridgehead atoms. The van der Waals surface area contributed by atoms with Crippen molar-refractivity contribution in [1.82, 2.24) is 4.31 Å². The minimum atomic E-state index is -3.43. The molecule has 1 fully saturated rings. The number of benzene rings is 1. The minimum absolute atomic E-state index is 0.0994. The highest BCUT2D eigenvalue weighted by Gasteiger charge is 2.33. The smallest absolute Gasteiger partial charge is 0.243 e. The largest absolute Gasteiger partial charge is 0.497 e. The number of sulfonamides is 1. The van der Waals surface area contributed by atoms with E-state index >= 15 is 0 Å². The Morgan fingerprint density at radius 1 is 1.35 bits per heavy atom. The second-order valence-corrected chi connectivity index (χ2v) is 7.10. The van der Waals surface area contributed by atoms with Crippen LogP contribution >= 0.6 is 0 Å². The number of methoxy groups -OCH3 is 1. The molecule has 1 saturated heterocycles. The van der Waals surface area contributed by atoms with E-state index in [9.17, 15) is 8.42 Å². The van der Waals surface area contributed by atoms with Crippen LogP contribution in [0.4, 0.5) is 0 Å². The van der Waals surface area contributed by atoms with Crippen LogP contribution in [-0.2, 0) is 10.0 Å². The average Bonchev–Trinajstić information content (AvgIpc) is 2.47. The van der Waals surface area contributed by atoms with Crippen LogP contribution < -0.4 is 10.5 Å². The van der Waals surface area contributed by atoms with Crippen molar-refractivity contribution in [3.63, 3.8) is 0 Å². The summed E-state index contributed by atoms with van der Waals surface area (Å²) in [6, 6.07) is 6.61. The zero-order chi connectivity index (χ0) is 14.8. The number of nitrogens with two attached hydrogens (primary N) is 1. The third kappa shape index (κ3) is 2.97. The molecular weight excluding hydrogens is 276 g/mol. The number of rotatable bonds is 4. The van der Waals surface area contributed by atoms with Crippen molar-refractivity contribution >= 4 is 10.0 Å². The van der Waals surface area contributed by atoms with Gasteiger partial charge >= 0.3 is 0 Å². The standard InChI is InChI=1S/C14H22N2O3S/c1-3-11-10-16(9-8-14(11)15)20(17,18)13-6-4-12(19-2)5-7-13/h4-7,11,14H,3,8-10,15H2,1-2H3. The van der Waals surface area contributed by atoms with Crippen LogP contribution in [0.25, 0.3) is 0 Å². The van der Waals surface area contributed by atoms with Crippen LogP contribution in [0.5, 0.6) is 5.75 Å². The molecule has 0 saturated carbocycles. The molecule has 2 unspecified atom stereocenters. The lowest BCUT2D eigenvalue weighted by molar-refractivity contribution is 0.230. The first-order chi connectivity index (χ1) is 9.48. The Balaban J connectivity index is 2.21. The predicted octanol–water partition coefficient (Wildman–Crippen LogP) is 1.44. The first kappa shape index (κ1) is 15.3. The van der Waals surface area contributed by atoms with Gasteiger partial charge in [0.25, 0.3) is 0 Å². The molecule has 20 heavy (non-hydrogen) atoms. The van der Waals surface area contributed by atoms with Crippen LogP contribution in [-0.4, -0.2) is 39.0 Å². The van der Waals surface area contributed by atoms with Crippen molar-refractivity contribution in [2.24, 2.45) is 11.7 Å². The summed E-state index contributed by atoms with van der Waals surface area (Å²) in [6.45, 7) is 3.05. The fourth-order valence-corrected chi connectivity index (χ4v) is 4.08. The molecule has 1 aliphatic rings. The Morgan fingerprint density at radius 3 is 2.55 bits per heavy atom. The van der Waals surface area contributed by atoms with E-state index < -0.39 is 10.0 Å². The summed E-state index contributed by atoms with van der Waals surface area (Å²) in [4.78, 5) is 0.309. The first-order valence-electron chi connectivity index (χ1n) is 6.88. The Morgan fingerprint density at radius 2 is 2.00 bits per heavy atom. The van der Waals surface area contributed by atoms with Crippen LogP contribution in [0.2, 0.25) is 0 Å². The van der Waals surface area contributed by atoms with E-state index in [0.29, 0.717) is 30.2 Å². The minimum Gasteiger partial charge on any atom is -0.497 e. The Hall–Kier alpha value is -1.11. The maximum absolute atomic E-state index is 12.6. The Labute approximate surface area is 120 Å². The molecule has 6 heteroatoms. The van der Waals surface area contributed by atoms with E-state index in [1.807, 2.05) is 6.92 Å². The molecule has 0 amide bonds. The molecule has 0 aromatic heterocycles. The topological polar surface area (TPSA) is 72.6 Å². The number of piperidine rings is 1. The first-order valence-corrected chi connectivity index (χ1v) is 8.32. The van der Waals surface area contributed by atoms with Crippen LogP contribution in [0, 0.1) is 5.92 Å². The third-order valence-corrected chi connectivity index (χ3v) is 5.86. The maximum Gasteiger partial charge on any atom is 0.243 e. The van der Waals surface area contributed by atoms with Gasteiger partial charge in [-0.15, -0.1) is 0 Å². The lowest BCUT2D eigenvalue weighted by Crippen LogP contribution is -2.48. The molecule has 1 heterocycles. The summed E-state index contributed by atoms with van der Waals surface area (Å²) in [6.07, 6.45) is 1.61. The Kier molecular flexibility index (Phi) is 4.67. The molecule has 0 spiro atoms. The van der Waals surface area contributed by atoms with E-state index in [0.717, 1.165) is 6.42 Å². The van der Waals surface area contributed by atoms with Crippen LogP contribution in [0.3, 0.4) is 0 Å². The van der Waals surface area contributed by atoms with E-state index in [4.69, 9.17) is 10.5 Å². The normalized spacial score (nSPS) is 24.6. The van der Waals surface area contributed by atoms with Crippen LogP contribution in [0.15, 0.2) is 29.2 Å². The van der Waals surface area contributed by atoms with Gasteiger partial charge in [0.1, 0.15) is 5.75 Å². The van der Waals surface area contributed by atoms with Gasteiger partial charge in [0.05, 0.1) is 12.0 Å². The van der Waals surface area contributed by atoms with E-state index in [1.165, 1.54) is 0 Å². The summed E-state index contributed by atoms with van der Waals surface area (Å²) >= 11 is 0. The molecule has 112 valence electrons. The van der Waals surface area contributed by atoms with E-state index in [-0.39, 0.29) is 12.0 Å². The van der Waals surface area contributed by atoms with E-state index in [2.05, 4.69) is 0 Å². The summed E-state index contributed by atoms with van der Waals surface area (Å²) in [7, 11) is -1.87. The van der Waals surface area contributed by atoms with Crippen molar-refractivity contribution in [2.75, 3.05) is 20.2 Å². The second kappa shape index (κ2) is 6.11. The molecule has 2 N–H and O–H groups in total. The lowest BCUT2D eigenvalue weighted by atomic mass is 9.92. The van der Waals surface area contributed by atoms with Gasteiger partial charge in [-0.3, -0.25) is 0 Å². The van der Waals surface area contributed by atoms with Gasteiger partial charge < -0.3 is 10.5 Å². The highest BCUT2D eigenvalue weighted by molar-refractivity contribution is 7.89. The summed E-state index contributed by atoms with van der Waals surface area (Å²) in [5, 5.41) is 0. The third-order valence-electron chi connectivity index (χ3n) is 3.98. The van der Waals surface area contributed by atoms with Gasteiger partial charge in [-0.1, -0.05) is 13.3 Å². The molecule has 2 rings (SSSR count). The van der Waals surface area contributed by atoms with E-state index in [1.54, 1.807) is 35.7 Å². The molecule has 1 aromatic rings. The summed E-state index contributed by atoms with van der Waals surface area (Å²) in [5.41, 5.74) is 6.03. The molecule has 2 atom stereocenters. The zero-order valence-electron chi connectivity index (χ0n) is 12.0. The van der Waals surface area contributed by atoms with Crippen molar-refractivity contribution in [3.8, 4) is 5.75 Å². The van der Waals surface area contributed by atoms with Gasteiger partial charge in [-0.05, 0) is 36.6 Å². The number of nitrogens with zero attached hydrogens (tertiary/aromatic N) is 1. The molecule has 0 radical (unpaired) electrons. The fraction of sp³-hybridized carbons (Fsp3) is 0.571. The van der Waals surface area contributed by atoms with Gasteiger partial charge in [0.2, 0.25) is 10.0 Å². The highest BCUT2D eigenvalue weighted by Crippen LogP contribution is 2.25. The zero-order valence-corrected chi connectivity index (χ0v) is 12.8. The van der Waals surface area contributed by atoms with Gasteiger partial charge in [-0.2, -0.15) is 4.31 Å². The SMILES string of the molecule is CCC1CN(S(=O)(=O)c2ccc(OC)cc2)CCC1N. The van der Waals surface area contributed by atoms with Crippen molar-refractivity contribution in [2.45, 2.75) is 30.7 Å². The number of ether oxygens (including phenoxy) is 1. The number of hydrogen-bond acceptors (Lipinski definition) is 4. The second-order valence-electron chi connectivity index (χ2n) is 5.16. The molecule has 0 aliphatic carbocycles. The van der Waals surface area contributed by atoms with Gasteiger partial charge in [-0.25, -0.2) is 8.42 Å². The maximum atomic E-state index is 12.6. The van der Waals surface area contributed by atoms with Crippen molar-refractivity contribution < 1.29 is 13.2 Å². The fourth-order valence-electron chi connectivity index (χ4n) is 2.56. The quantitative estimate of drug-likeness (QED) is 0.913. The summed E-state index contributed by atoms with van der Waals surface area (Å²) < 4.78 is 31.8. The average molecular weight is 298 g/mol. The van der Waals surface area contributed by atoms with Gasteiger partial charge in [0.15, 0.2) is 0 Å². The van der Waals surface area contributed by atoms with Crippen LogP contribution in [0.1, 0.15) is 19.8 Å². The Bertz CT molecular complexity index is 542. The predicted molar refractivity (Wildman–Crippen MR) is 78.1 cm³/mol. The summed E-state index contributed by atoms with van der Waals surface area (Å²) in [5.74, 6) is 0.882. The number of hydrogen-bond donors (Lipinski definition) is 1. The van der Waals surface area contributed by atoms with Crippen molar-refractivity contribution in [1.29, 1.82) is 0 Å².